The molecule has 0 bridgehead atoms. The lowest BCUT2D eigenvalue weighted by Gasteiger charge is -2.11. The first-order valence-corrected chi connectivity index (χ1v) is 7.31. The van der Waals surface area contributed by atoms with Gasteiger partial charge in [0, 0.05) is 30.6 Å². The second-order valence-corrected chi connectivity index (χ2v) is 5.43. The molecule has 2 rings (SSSR count). The minimum Gasteiger partial charge on any atom is -0.352 e. The van der Waals surface area contributed by atoms with E-state index >= 15 is 0 Å². The number of benzene rings is 1. The van der Waals surface area contributed by atoms with Crippen molar-refractivity contribution in [1.82, 2.24) is 10.6 Å². The molecule has 1 saturated heterocycles. The van der Waals surface area contributed by atoms with Gasteiger partial charge in [-0.15, -0.1) is 0 Å². The second kappa shape index (κ2) is 7.17. The lowest BCUT2D eigenvalue weighted by Crippen LogP contribution is -2.27. The fourth-order valence-electron chi connectivity index (χ4n) is 2.65. The van der Waals surface area contributed by atoms with E-state index < -0.39 is 4.92 Å². The summed E-state index contributed by atoms with van der Waals surface area (Å²) in [6.45, 7) is 3.09. The third-order valence-corrected chi connectivity index (χ3v) is 3.97. The van der Waals surface area contributed by atoms with Gasteiger partial charge in [0.25, 0.3) is 5.69 Å². The molecule has 6 heteroatoms. The molecule has 1 aliphatic rings. The summed E-state index contributed by atoms with van der Waals surface area (Å²) in [6.07, 6.45) is 3.65. The topological polar surface area (TPSA) is 84.3 Å². The van der Waals surface area contributed by atoms with Gasteiger partial charge in [-0.2, -0.15) is 0 Å². The first-order valence-electron chi connectivity index (χ1n) is 7.31. The molecule has 6 nitrogen and oxygen atoms in total. The summed E-state index contributed by atoms with van der Waals surface area (Å²) in [5.74, 6) is -0.00499. The summed E-state index contributed by atoms with van der Waals surface area (Å²) in [4.78, 5) is 22.3. The Morgan fingerprint density at radius 2 is 2.33 bits per heavy atom. The van der Waals surface area contributed by atoms with Gasteiger partial charge in [0.2, 0.25) is 5.91 Å². The molecule has 0 radical (unpaired) electrons. The van der Waals surface area contributed by atoms with Crippen molar-refractivity contribution in [1.29, 1.82) is 0 Å². The van der Waals surface area contributed by atoms with Crippen LogP contribution in [0, 0.1) is 17.0 Å². The van der Waals surface area contributed by atoms with Crippen LogP contribution >= 0.6 is 0 Å². The van der Waals surface area contributed by atoms with Crippen molar-refractivity contribution < 1.29 is 9.72 Å². The lowest BCUT2D eigenvalue weighted by atomic mass is 10.1. The van der Waals surface area contributed by atoms with Gasteiger partial charge in [-0.05, 0) is 38.3 Å². The molecule has 21 heavy (non-hydrogen) atoms. The smallest absolute Gasteiger partial charge is 0.272 e. The Labute approximate surface area is 124 Å². The van der Waals surface area contributed by atoms with Gasteiger partial charge < -0.3 is 10.6 Å². The number of nitrogens with one attached hydrogen (secondary N) is 2. The molecule has 1 unspecified atom stereocenters. The van der Waals surface area contributed by atoms with Crippen molar-refractivity contribution >= 4 is 11.6 Å². The molecule has 2 N–H and O–H groups in total. The zero-order chi connectivity index (χ0) is 15.2. The van der Waals surface area contributed by atoms with Crippen molar-refractivity contribution in [3.63, 3.8) is 0 Å². The Morgan fingerprint density at radius 3 is 3.00 bits per heavy atom. The highest BCUT2D eigenvalue weighted by Crippen LogP contribution is 2.20. The molecule has 1 aromatic rings. The largest absolute Gasteiger partial charge is 0.352 e. The first kappa shape index (κ1) is 15.4. The number of hydrogen-bond donors (Lipinski definition) is 2. The van der Waals surface area contributed by atoms with E-state index in [1.807, 2.05) is 0 Å². The first-order chi connectivity index (χ1) is 10.1. The van der Waals surface area contributed by atoms with Crippen LogP contribution in [0.1, 0.15) is 36.8 Å². The van der Waals surface area contributed by atoms with Crippen molar-refractivity contribution in [2.24, 2.45) is 0 Å². The summed E-state index contributed by atoms with van der Waals surface area (Å²) >= 11 is 0. The van der Waals surface area contributed by atoms with Crippen LogP contribution in [0.25, 0.3) is 0 Å². The van der Waals surface area contributed by atoms with Crippen LogP contribution in [0.2, 0.25) is 0 Å². The molecular formula is C15H21N3O3. The standard InChI is InChI=1S/C15H21N3O3/c1-11-12(4-2-6-14(11)18(20)21)10-17-15(19)8-7-13-5-3-9-16-13/h2,4,6,13,16H,3,5,7-10H2,1H3,(H,17,19). The van der Waals surface area contributed by atoms with Crippen molar-refractivity contribution in [3.05, 3.63) is 39.4 Å². The molecule has 0 aromatic heterocycles. The van der Waals surface area contributed by atoms with Crippen molar-refractivity contribution in [2.45, 2.75) is 45.2 Å². The summed E-state index contributed by atoms with van der Waals surface area (Å²) in [5.41, 5.74) is 1.49. The molecule has 114 valence electrons. The van der Waals surface area contributed by atoms with E-state index in [9.17, 15) is 14.9 Å². The van der Waals surface area contributed by atoms with Gasteiger partial charge in [0.1, 0.15) is 0 Å². The Morgan fingerprint density at radius 1 is 1.52 bits per heavy atom. The summed E-state index contributed by atoms with van der Waals surface area (Å²) in [5, 5.41) is 17.1. The summed E-state index contributed by atoms with van der Waals surface area (Å²) < 4.78 is 0. The van der Waals surface area contributed by atoms with Gasteiger partial charge in [-0.3, -0.25) is 14.9 Å². The number of carbonyl (C=O) groups excluding carboxylic acids is 1. The fraction of sp³-hybridized carbons (Fsp3) is 0.533. The van der Waals surface area contributed by atoms with Gasteiger partial charge in [-0.25, -0.2) is 0 Å². The molecule has 1 fully saturated rings. The van der Waals surface area contributed by atoms with Gasteiger partial charge in [0.15, 0.2) is 0 Å². The number of nitrogens with zero attached hydrogens (tertiary/aromatic N) is 1. The van der Waals surface area contributed by atoms with Crippen LogP contribution in [0.3, 0.4) is 0 Å². The van der Waals surface area contributed by atoms with E-state index in [2.05, 4.69) is 10.6 Å². The van der Waals surface area contributed by atoms with E-state index in [1.165, 1.54) is 12.5 Å². The Bertz CT molecular complexity index is 525. The zero-order valence-corrected chi connectivity index (χ0v) is 12.2. The van der Waals surface area contributed by atoms with Crippen molar-refractivity contribution in [3.8, 4) is 0 Å². The van der Waals surface area contributed by atoms with Gasteiger partial charge in [-0.1, -0.05) is 12.1 Å². The summed E-state index contributed by atoms with van der Waals surface area (Å²) in [7, 11) is 0. The van der Waals surface area contributed by atoms with E-state index in [0.717, 1.165) is 24.9 Å². The third kappa shape index (κ3) is 4.26. The predicted molar refractivity (Wildman–Crippen MR) is 79.9 cm³/mol. The highest BCUT2D eigenvalue weighted by molar-refractivity contribution is 5.76. The number of rotatable bonds is 6. The highest BCUT2D eigenvalue weighted by Gasteiger charge is 2.16. The Hall–Kier alpha value is -1.95. The van der Waals surface area contributed by atoms with Crippen molar-refractivity contribution in [2.75, 3.05) is 6.54 Å². The number of nitro benzene ring substituents is 1. The summed E-state index contributed by atoms with van der Waals surface area (Å²) in [6, 6.07) is 5.39. The van der Waals surface area contributed by atoms with Gasteiger partial charge >= 0.3 is 0 Å². The quantitative estimate of drug-likeness (QED) is 0.620. The lowest BCUT2D eigenvalue weighted by molar-refractivity contribution is -0.385. The van der Waals surface area contributed by atoms with E-state index in [1.54, 1.807) is 19.1 Å². The maximum Gasteiger partial charge on any atom is 0.272 e. The molecule has 1 aromatic carbocycles. The Balaban J connectivity index is 1.83. The highest BCUT2D eigenvalue weighted by atomic mass is 16.6. The molecule has 1 amide bonds. The van der Waals surface area contributed by atoms with Crippen LogP contribution < -0.4 is 10.6 Å². The number of carbonyl (C=O) groups is 1. The normalized spacial score (nSPS) is 17.7. The predicted octanol–water partition coefficient (Wildman–Crippen LogP) is 2.05. The average molecular weight is 291 g/mol. The number of hydrogen-bond acceptors (Lipinski definition) is 4. The maximum atomic E-state index is 11.8. The third-order valence-electron chi connectivity index (χ3n) is 3.97. The Kier molecular flexibility index (Phi) is 5.27. The number of nitro groups is 1. The van der Waals surface area contributed by atoms with Gasteiger partial charge in [0.05, 0.1) is 4.92 Å². The number of amides is 1. The van der Waals surface area contributed by atoms with Crippen LogP contribution in [-0.2, 0) is 11.3 Å². The minimum atomic E-state index is -0.396. The van der Waals surface area contributed by atoms with Crippen LogP contribution in [0.15, 0.2) is 18.2 Å². The second-order valence-electron chi connectivity index (χ2n) is 5.43. The SMILES string of the molecule is Cc1c(CNC(=O)CCC2CCCN2)cccc1[N+](=O)[O-]. The molecular weight excluding hydrogens is 270 g/mol. The molecule has 1 heterocycles. The van der Waals surface area contributed by atoms with Crippen LogP contribution in [0.4, 0.5) is 5.69 Å². The van der Waals surface area contributed by atoms with Crippen LogP contribution in [-0.4, -0.2) is 23.4 Å². The molecule has 1 atom stereocenters. The van der Waals surface area contributed by atoms with E-state index in [-0.39, 0.29) is 11.6 Å². The van der Waals surface area contributed by atoms with E-state index in [0.29, 0.717) is 24.6 Å². The fourth-order valence-corrected chi connectivity index (χ4v) is 2.65. The maximum absolute atomic E-state index is 11.8. The average Bonchev–Trinajstić information content (AvgIpc) is 2.97. The molecule has 0 aliphatic carbocycles. The monoisotopic (exact) mass is 291 g/mol. The zero-order valence-electron chi connectivity index (χ0n) is 12.2. The van der Waals surface area contributed by atoms with Crippen LogP contribution in [0.5, 0.6) is 0 Å². The molecule has 0 spiro atoms. The minimum absolute atomic E-state index is 0.00499. The molecule has 1 aliphatic heterocycles. The van der Waals surface area contributed by atoms with E-state index in [4.69, 9.17) is 0 Å². The molecule has 0 saturated carbocycles.